The third kappa shape index (κ3) is 3.57. The minimum absolute atomic E-state index is 0.122. The minimum atomic E-state index is 0.122. The average Bonchev–Trinajstić information content (AvgIpc) is 2.96. The standard InChI is InChI=1S/C23H23ClN2O/c1-16-21(23(27)26-13-6-2-3-7-14-26)19-11-4-5-12-20(19)25-22(16)17-9-8-10-18(24)15-17/h4-5,8-12,15H,2-3,6-7,13-14H2,1H3. The Balaban J connectivity index is 1.90. The van der Waals surface area contributed by atoms with E-state index in [1.165, 1.54) is 12.8 Å². The molecule has 1 aromatic heterocycles. The van der Waals surface area contributed by atoms with Crippen molar-refractivity contribution < 1.29 is 4.79 Å². The lowest BCUT2D eigenvalue weighted by Gasteiger charge is -2.23. The van der Waals surface area contributed by atoms with Crippen molar-refractivity contribution in [2.75, 3.05) is 13.1 Å². The van der Waals surface area contributed by atoms with Crippen LogP contribution >= 0.6 is 11.6 Å². The second kappa shape index (κ2) is 7.69. The number of hydrogen-bond donors (Lipinski definition) is 0. The molecule has 4 rings (SSSR count). The maximum atomic E-state index is 13.5. The van der Waals surface area contributed by atoms with Crippen LogP contribution in [-0.4, -0.2) is 28.9 Å². The fourth-order valence-corrected chi connectivity index (χ4v) is 4.12. The van der Waals surface area contributed by atoms with Gasteiger partial charge in [-0.2, -0.15) is 0 Å². The number of benzene rings is 2. The Labute approximate surface area is 165 Å². The minimum Gasteiger partial charge on any atom is -0.339 e. The lowest BCUT2D eigenvalue weighted by molar-refractivity contribution is 0.0763. The first kappa shape index (κ1) is 18.0. The van der Waals surface area contributed by atoms with E-state index in [-0.39, 0.29) is 5.91 Å². The number of hydrogen-bond acceptors (Lipinski definition) is 2. The molecule has 1 amide bonds. The van der Waals surface area contributed by atoms with Gasteiger partial charge in [-0.3, -0.25) is 4.79 Å². The van der Waals surface area contributed by atoms with Gasteiger partial charge in [-0.05, 0) is 43.5 Å². The van der Waals surface area contributed by atoms with Crippen molar-refractivity contribution in [1.29, 1.82) is 0 Å². The second-order valence-electron chi connectivity index (χ2n) is 7.19. The van der Waals surface area contributed by atoms with E-state index in [2.05, 4.69) is 0 Å². The summed E-state index contributed by atoms with van der Waals surface area (Å²) < 4.78 is 0. The first-order valence-corrected chi connectivity index (χ1v) is 9.97. The summed E-state index contributed by atoms with van der Waals surface area (Å²) in [5.74, 6) is 0.122. The zero-order valence-corrected chi connectivity index (χ0v) is 16.3. The molecular formula is C23H23ClN2O. The van der Waals surface area contributed by atoms with Crippen LogP contribution in [0.2, 0.25) is 5.02 Å². The number of fused-ring (bicyclic) bond motifs is 1. The summed E-state index contributed by atoms with van der Waals surface area (Å²) in [6.45, 7) is 3.67. The molecule has 0 radical (unpaired) electrons. The highest BCUT2D eigenvalue weighted by Crippen LogP contribution is 2.32. The fraction of sp³-hybridized carbons (Fsp3) is 0.304. The monoisotopic (exact) mass is 378 g/mol. The summed E-state index contributed by atoms with van der Waals surface area (Å²) in [5.41, 5.74) is 4.31. The van der Waals surface area contributed by atoms with Crippen LogP contribution in [0.3, 0.4) is 0 Å². The van der Waals surface area contributed by atoms with E-state index < -0.39 is 0 Å². The summed E-state index contributed by atoms with van der Waals surface area (Å²) in [7, 11) is 0. The molecule has 3 nitrogen and oxygen atoms in total. The van der Waals surface area contributed by atoms with Gasteiger partial charge in [0.2, 0.25) is 0 Å². The molecule has 0 atom stereocenters. The number of carbonyl (C=O) groups excluding carboxylic acids is 1. The molecule has 2 heterocycles. The van der Waals surface area contributed by atoms with Crippen LogP contribution in [-0.2, 0) is 0 Å². The second-order valence-corrected chi connectivity index (χ2v) is 7.63. The van der Waals surface area contributed by atoms with Crippen LogP contribution in [0, 0.1) is 6.92 Å². The summed E-state index contributed by atoms with van der Waals surface area (Å²) in [5, 5.41) is 1.59. The van der Waals surface area contributed by atoms with E-state index in [1.54, 1.807) is 0 Å². The number of aromatic nitrogens is 1. The first-order chi connectivity index (χ1) is 13.1. The third-order valence-electron chi connectivity index (χ3n) is 5.34. The Morgan fingerprint density at radius 2 is 1.74 bits per heavy atom. The van der Waals surface area contributed by atoms with Gasteiger partial charge in [0.05, 0.1) is 16.8 Å². The number of carbonyl (C=O) groups is 1. The van der Waals surface area contributed by atoms with Crippen LogP contribution in [0.1, 0.15) is 41.6 Å². The SMILES string of the molecule is Cc1c(-c2cccc(Cl)c2)nc2ccccc2c1C(=O)N1CCCCCC1. The Morgan fingerprint density at radius 1 is 1.00 bits per heavy atom. The normalized spacial score (nSPS) is 15.0. The molecular weight excluding hydrogens is 356 g/mol. The molecule has 3 aromatic rings. The van der Waals surface area contributed by atoms with Gasteiger partial charge in [-0.15, -0.1) is 0 Å². The number of nitrogens with zero attached hydrogens (tertiary/aromatic N) is 2. The Kier molecular flexibility index (Phi) is 5.13. The lowest BCUT2D eigenvalue weighted by atomic mass is 9.96. The molecule has 1 fully saturated rings. The van der Waals surface area contributed by atoms with Crippen LogP contribution in [0.5, 0.6) is 0 Å². The largest absolute Gasteiger partial charge is 0.339 e. The summed E-state index contributed by atoms with van der Waals surface area (Å²) in [6.07, 6.45) is 4.56. The lowest BCUT2D eigenvalue weighted by Crippen LogP contribution is -2.32. The molecule has 1 aliphatic heterocycles. The molecule has 0 saturated carbocycles. The van der Waals surface area contributed by atoms with Crippen molar-refractivity contribution in [3.05, 3.63) is 64.7 Å². The Morgan fingerprint density at radius 3 is 2.48 bits per heavy atom. The molecule has 1 aliphatic rings. The molecule has 2 aromatic carbocycles. The van der Waals surface area contributed by atoms with Gasteiger partial charge >= 0.3 is 0 Å². The number of likely N-dealkylation sites (tertiary alicyclic amines) is 1. The van der Waals surface area contributed by atoms with Crippen molar-refractivity contribution >= 4 is 28.4 Å². The van der Waals surface area contributed by atoms with E-state index >= 15 is 0 Å². The van der Waals surface area contributed by atoms with Gasteiger partial charge in [0, 0.05) is 29.1 Å². The molecule has 4 heteroatoms. The maximum absolute atomic E-state index is 13.5. The Bertz CT molecular complexity index is 991. The van der Waals surface area contributed by atoms with Crippen molar-refractivity contribution in [2.45, 2.75) is 32.6 Å². The smallest absolute Gasteiger partial charge is 0.254 e. The quantitative estimate of drug-likeness (QED) is 0.557. The maximum Gasteiger partial charge on any atom is 0.254 e. The number of halogens is 1. The predicted octanol–water partition coefficient (Wildman–Crippen LogP) is 5.88. The molecule has 0 aliphatic carbocycles. The zero-order chi connectivity index (χ0) is 18.8. The predicted molar refractivity (Wildman–Crippen MR) is 111 cm³/mol. The topological polar surface area (TPSA) is 33.2 Å². The molecule has 138 valence electrons. The summed E-state index contributed by atoms with van der Waals surface area (Å²) >= 11 is 6.20. The molecule has 0 spiro atoms. The zero-order valence-electron chi connectivity index (χ0n) is 15.5. The van der Waals surface area contributed by atoms with Crippen LogP contribution in [0.15, 0.2) is 48.5 Å². The number of para-hydroxylation sites is 1. The highest BCUT2D eigenvalue weighted by Gasteiger charge is 2.24. The van der Waals surface area contributed by atoms with Gasteiger partial charge in [0.25, 0.3) is 5.91 Å². The Hall–Kier alpha value is -2.39. The van der Waals surface area contributed by atoms with Gasteiger partial charge in [0.15, 0.2) is 0 Å². The van der Waals surface area contributed by atoms with Crippen molar-refractivity contribution in [2.24, 2.45) is 0 Å². The highest BCUT2D eigenvalue weighted by molar-refractivity contribution is 6.30. The number of amides is 1. The average molecular weight is 379 g/mol. The van der Waals surface area contributed by atoms with Gasteiger partial charge in [-0.25, -0.2) is 4.98 Å². The number of pyridine rings is 1. The fourth-order valence-electron chi connectivity index (χ4n) is 3.93. The van der Waals surface area contributed by atoms with Crippen LogP contribution < -0.4 is 0 Å². The number of rotatable bonds is 2. The van der Waals surface area contributed by atoms with Crippen molar-refractivity contribution in [3.8, 4) is 11.3 Å². The van der Waals surface area contributed by atoms with E-state index in [0.717, 1.165) is 59.2 Å². The van der Waals surface area contributed by atoms with Crippen molar-refractivity contribution in [1.82, 2.24) is 9.88 Å². The van der Waals surface area contributed by atoms with E-state index in [9.17, 15) is 4.79 Å². The first-order valence-electron chi connectivity index (χ1n) is 9.60. The van der Waals surface area contributed by atoms with Gasteiger partial charge in [0.1, 0.15) is 0 Å². The summed E-state index contributed by atoms with van der Waals surface area (Å²) in [6, 6.07) is 15.6. The van der Waals surface area contributed by atoms with E-state index in [1.807, 2.05) is 60.4 Å². The molecule has 0 N–H and O–H groups in total. The van der Waals surface area contributed by atoms with E-state index in [4.69, 9.17) is 16.6 Å². The molecule has 1 saturated heterocycles. The van der Waals surface area contributed by atoms with Gasteiger partial charge in [-0.1, -0.05) is 54.8 Å². The molecule has 27 heavy (non-hydrogen) atoms. The van der Waals surface area contributed by atoms with E-state index in [0.29, 0.717) is 5.02 Å². The van der Waals surface area contributed by atoms with Gasteiger partial charge < -0.3 is 4.90 Å². The highest BCUT2D eigenvalue weighted by atomic mass is 35.5. The van der Waals surface area contributed by atoms with Crippen molar-refractivity contribution in [3.63, 3.8) is 0 Å². The molecule has 0 unspecified atom stereocenters. The summed E-state index contributed by atoms with van der Waals surface area (Å²) in [4.78, 5) is 20.4. The van der Waals surface area contributed by atoms with Crippen LogP contribution in [0.25, 0.3) is 22.2 Å². The molecule has 0 bridgehead atoms. The van der Waals surface area contributed by atoms with Crippen LogP contribution in [0.4, 0.5) is 0 Å². The third-order valence-corrected chi connectivity index (χ3v) is 5.58.